The second-order valence-corrected chi connectivity index (χ2v) is 5.48. The Balaban J connectivity index is 1.78. The molecule has 0 N–H and O–H groups in total. The van der Waals surface area contributed by atoms with Gasteiger partial charge in [0, 0.05) is 39.7 Å². The molecule has 0 atom stereocenters. The first-order valence-corrected chi connectivity index (χ1v) is 6.56. The van der Waals surface area contributed by atoms with Crippen LogP contribution in [0.1, 0.15) is 0 Å². The van der Waals surface area contributed by atoms with Gasteiger partial charge in [-0.3, -0.25) is 0 Å². The van der Waals surface area contributed by atoms with Crippen LogP contribution < -0.4 is 0 Å². The van der Waals surface area contributed by atoms with Crippen LogP contribution in [0.25, 0.3) is 0 Å². The molecule has 0 aromatic carbocycles. The molecule has 3 rings (SSSR count). The van der Waals surface area contributed by atoms with E-state index in [4.69, 9.17) is 0 Å². The molecule has 0 unspecified atom stereocenters. The molecule has 3 heterocycles. The summed E-state index contributed by atoms with van der Waals surface area (Å²) in [5.74, 6) is 0. The average Bonchev–Trinajstić information content (AvgIpc) is 3.05. The predicted octanol–water partition coefficient (Wildman–Crippen LogP) is -0.000400. The van der Waals surface area contributed by atoms with E-state index >= 15 is 0 Å². The van der Waals surface area contributed by atoms with Crippen LogP contribution in [0.3, 0.4) is 0 Å². The summed E-state index contributed by atoms with van der Waals surface area (Å²) < 4.78 is 0. The summed E-state index contributed by atoms with van der Waals surface area (Å²) in [6.07, 6.45) is 12.9. The van der Waals surface area contributed by atoms with E-state index in [2.05, 4.69) is 87.5 Å². The van der Waals surface area contributed by atoms with Gasteiger partial charge in [-0.15, -0.1) is 0 Å². The van der Waals surface area contributed by atoms with Crippen molar-refractivity contribution in [3.63, 3.8) is 0 Å². The Morgan fingerprint density at radius 2 is 0.895 bits per heavy atom. The minimum Gasteiger partial charge on any atom is -0.521 e. The Labute approximate surface area is 115 Å². The maximum atomic E-state index is 2.35. The monoisotopic (exact) mass is 260 g/mol. The first kappa shape index (κ1) is 12.1. The molecule has 1 radical (unpaired) electrons. The molecular weight excluding hydrogens is 239 g/mol. The third kappa shape index (κ3) is 2.32. The van der Waals surface area contributed by atoms with E-state index in [-0.39, 0.29) is 7.12 Å². The van der Waals surface area contributed by atoms with Crippen molar-refractivity contribution in [1.29, 1.82) is 0 Å². The van der Waals surface area contributed by atoms with Crippen molar-refractivity contribution in [2.24, 2.45) is 0 Å². The largest absolute Gasteiger partial charge is 0.521 e. The Kier molecular flexibility index (Phi) is 2.96. The highest BCUT2D eigenvalue weighted by Gasteiger charge is 2.24. The maximum absolute atomic E-state index is 2.35. The third-order valence-electron chi connectivity index (χ3n) is 3.59. The van der Waals surface area contributed by atoms with Gasteiger partial charge in [0.05, 0.1) is 20.0 Å². The van der Waals surface area contributed by atoms with E-state index < -0.39 is 0 Å². The molecule has 0 saturated heterocycles. The van der Waals surface area contributed by atoms with Gasteiger partial charge in [-0.1, -0.05) is 0 Å². The van der Waals surface area contributed by atoms with Crippen LogP contribution in [0.5, 0.6) is 0 Å². The van der Waals surface area contributed by atoms with Crippen molar-refractivity contribution in [3.8, 4) is 0 Å². The molecule has 3 aliphatic rings. The van der Waals surface area contributed by atoms with Crippen LogP contribution in [-0.2, 0) is 0 Å². The summed E-state index contributed by atoms with van der Waals surface area (Å²) in [5, 5.41) is 0. The minimum atomic E-state index is 0.226. The van der Waals surface area contributed by atoms with Crippen LogP contribution in [0, 0.1) is 0 Å². The first-order valence-electron chi connectivity index (χ1n) is 6.56. The Hall–Kier alpha value is -1.92. The lowest BCUT2D eigenvalue weighted by Gasteiger charge is -2.52. The highest BCUT2D eigenvalue weighted by molar-refractivity contribution is 6.50. The van der Waals surface area contributed by atoms with Crippen molar-refractivity contribution < 1.29 is 0 Å². The predicted molar refractivity (Wildman–Crippen MR) is 76.6 cm³/mol. The van der Waals surface area contributed by atoms with E-state index in [1.165, 1.54) is 0 Å². The summed E-state index contributed by atoms with van der Waals surface area (Å²) in [4.78, 5) is 13.6. The summed E-state index contributed by atoms with van der Waals surface area (Å²) in [5.41, 5.74) is 0. The number of nitrogens with zero attached hydrogens (tertiary/aromatic N) is 6. The first-order chi connectivity index (χ1) is 9.13. The van der Waals surface area contributed by atoms with Crippen LogP contribution in [0.2, 0.25) is 0 Å². The lowest BCUT2D eigenvalue weighted by molar-refractivity contribution is 0.289. The quantitative estimate of drug-likeness (QED) is 0.661. The zero-order chi connectivity index (χ0) is 13.4. The van der Waals surface area contributed by atoms with Crippen LogP contribution in [-0.4, -0.2) is 77.4 Å². The molecule has 0 aromatic rings. The van der Waals surface area contributed by atoms with Gasteiger partial charge in [-0.05, 0) is 18.6 Å². The van der Waals surface area contributed by atoms with Gasteiger partial charge in [0.25, 0.3) is 0 Å². The van der Waals surface area contributed by atoms with Gasteiger partial charge < -0.3 is 29.1 Å². The maximum Gasteiger partial charge on any atom is 0.193 e. The van der Waals surface area contributed by atoms with Crippen LogP contribution in [0.15, 0.2) is 37.2 Å². The molecule has 0 bridgehead atoms. The lowest BCUT2D eigenvalue weighted by Crippen LogP contribution is -2.59. The van der Waals surface area contributed by atoms with Crippen molar-refractivity contribution in [1.82, 2.24) is 29.1 Å². The Morgan fingerprint density at radius 3 is 1.11 bits per heavy atom. The van der Waals surface area contributed by atoms with E-state index in [0.29, 0.717) is 0 Å². The van der Waals surface area contributed by atoms with E-state index in [0.717, 1.165) is 20.0 Å². The molecule has 7 heteroatoms. The van der Waals surface area contributed by atoms with E-state index in [1.807, 2.05) is 0 Å². The van der Waals surface area contributed by atoms with Gasteiger partial charge in [-0.2, -0.15) is 0 Å². The lowest BCUT2D eigenvalue weighted by atomic mass is 9.86. The number of hydrogen-bond donors (Lipinski definition) is 0. The van der Waals surface area contributed by atoms with Gasteiger partial charge in [0.15, 0.2) is 7.12 Å². The number of hydrogen-bond acceptors (Lipinski definition) is 6. The van der Waals surface area contributed by atoms with Gasteiger partial charge in [0.1, 0.15) is 0 Å². The molecule has 0 saturated carbocycles. The fraction of sp³-hybridized carbons (Fsp3) is 0.500. The van der Waals surface area contributed by atoms with E-state index in [1.54, 1.807) is 0 Å². The summed E-state index contributed by atoms with van der Waals surface area (Å²) >= 11 is 0. The highest BCUT2D eigenvalue weighted by atomic mass is 15.5. The molecule has 0 aromatic heterocycles. The second-order valence-electron chi connectivity index (χ2n) is 5.48. The average molecular weight is 260 g/mol. The third-order valence-corrected chi connectivity index (χ3v) is 3.59. The summed E-state index contributed by atoms with van der Waals surface area (Å²) in [6.45, 7) is 2.77. The second kappa shape index (κ2) is 4.64. The molecular formula is C12H21BN6-. The van der Waals surface area contributed by atoms with Gasteiger partial charge >= 0.3 is 0 Å². The zero-order valence-electron chi connectivity index (χ0n) is 11.8. The van der Waals surface area contributed by atoms with Crippen molar-refractivity contribution >= 4 is 7.12 Å². The molecule has 3 aliphatic heterocycles. The molecule has 0 amide bonds. The topological polar surface area (TPSA) is 19.4 Å². The summed E-state index contributed by atoms with van der Waals surface area (Å²) in [6, 6.07) is 0. The van der Waals surface area contributed by atoms with Crippen LogP contribution >= 0.6 is 0 Å². The Bertz CT molecular complexity index is 361. The fourth-order valence-corrected chi connectivity index (χ4v) is 2.68. The molecule has 19 heavy (non-hydrogen) atoms. The Morgan fingerprint density at radius 1 is 0.579 bits per heavy atom. The van der Waals surface area contributed by atoms with Crippen molar-refractivity contribution in [3.05, 3.63) is 37.2 Å². The minimum absolute atomic E-state index is 0.226. The zero-order valence-corrected chi connectivity index (χ0v) is 11.8. The normalized spacial score (nSPS) is 22.1. The molecule has 0 fully saturated rings. The van der Waals surface area contributed by atoms with Gasteiger partial charge in [0.2, 0.25) is 0 Å². The van der Waals surface area contributed by atoms with E-state index in [9.17, 15) is 0 Å². The SMILES string of the molecule is CN1C=CN([B-](N2C=CN(C)C2)N2C=CN(C)C2)C1. The van der Waals surface area contributed by atoms with Gasteiger partial charge in [-0.25, -0.2) is 0 Å². The smallest absolute Gasteiger partial charge is 0.193 e. The van der Waals surface area contributed by atoms with Crippen molar-refractivity contribution in [2.45, 2.75) is 0 Å². The number of rotatable bonds is 3. The molecule has 6 nitrogen and oxygen atoms in total. The molecule has 0 spiro atoms. The highest BCUT2D eigenvalue weighted by Crippen LogP contribution is 2.19. The van der Waals surface area contributed by atoms with Crippen molar-refractivity contribution in [2.75, 3.05) is 41.1 Å². The fourth-order valence-electron chi connectivity index (χ4n) is 2.68. The molecule has 103 valence electrons. The van der Waals surface area contributed by atoms with Crippen LogP contribution in [0.4, 0.5) is 0 Å². The summed E-state index contributed by atoms with van der Waals surface area (Å²) in [7, 11) is 6.53. The molecule has 0 aliphatic carbocycles. The standard InChI is InChI=1S/C12H21BN6/c1-14-4-7-17(10-14)13(18-8-5-15(2)11-18)19-9-6-16(3)12-19/h4-9H,10-12H2,1-3H3/q-1.